The van der Waals surface area contributed by atoms with Crippen LogP contribution in [0, 0.1) is 0 Å². The van der Waals surface area contributed by atoms with Crippen molar-refractivity contribution in [1.29, 1.82) is 0 Å². The van der Waals surface area contributed by atoms with Gasteiger partial charge in [0.05, 0.1) is 6.61 Å². The first-order valence-corrected chi connectivity index (χ1v) is 4.57. The van der Waals surface area contributed by atoms with Crippen molar-refractivity contribution >= 4 is 5.82 Å². The molecule has 2 N–H and O–H groups in total. The quantitative estimate of drug-likeness (QED) is 0.716. The van der Waals surface area contributed by atoms with Crippen molar-refractivity contribution in [2.75, 3.05) is 18.5 Å². The van der Waals surface area contributed by atoms with Gasteiger partial charge in [-0.05, 0) is 12.8 Å². The highest BCUT2D eigenvalue weighted by molar-refractivity contribution is 5.36. The van der Waals surface area contributed by atoms with E-state index in [9.17, 15) is 0 Å². The zero-order valence-electron chi connectivity index (χ0n) is 7.40. The summed E-state index contributed by atoms with van der Waals surface area (Å²) in [7, 11) is 0. The second-order valence-electron chi connectivity index (χ2n) is 3.25. The summed E-state index contributed by atoms with van der Waals surface area (Å²) < 4.78 is 0. The summed E-state index contributed by atoms with van der Waals surface area (Å²) in [5, 5.41) is 11.6. The molecule has 0 atom stereocenters. The summed E-state index contributed by atoms with van der Waals surface area (Å²) in [6, 6.07) is 1.97. The highest BCUT2D eigenvalue weighted by atomic mass is 16.3. The molecule has 0 aromatic carbocycles. The van der Waals surface area contributed by atoms with Crippen molar-refractivity contribution in [1.82, 2.24) is 9.97 Å². The van der Waals surface area contributed by atoms with Crippen molar-refractivity contribution in [3.63, 3.8) is 0 Å². The van der Waals surface area contributed by atoms with Crippen LogP contribution >= 0.6 is 0 Å². The van der Waals surface area contributed by atoms with E-state index in [0.29, 0.717) is 12.5 Å². The van der Waals surface area contributed by atoms with Gasteiger partial charge in [0.15, 0.2) is 0 Å². The minimum atomic E-state index is 0.128. The average Bonchev–Trinajstić information content (AvgIpc) is 2.98. The minimum absolute atomic E-state index is 0.128. The smallest absolute Gasteiger partial charge is 0.129 e. The number of hydrogen-bond acceptors (Lipinski definition) is 4. The van der Waals surface area contributed by atoms with Crippen LogP contribution in [0.4, 0.5) is 5.82 Å². The summed E-state index contributed by atoms with van der Waals surface area (Å²) in [4.78, 5) is 8.25. The first-order valence-electron chi connectivity index (χ1n) is 4.57. The second kappa shape index (κ2) is 3.70. The van der Waals surface area contributed by atoms with Crippen LogP contribution in [0.1, 0.15) is 24.5 Å². The molecule has 1 aliphatic carbocycles. The van der Waals surface area contributed by atoms with Crippen LogP contribution in [0.3, 0.4) is 0 Å². The Bertz CT molecular complexity index is 286. The molecule has 0 aliphatic heterocycles. The Morgan fingerprint density at radius 2 is 2.31 bits per heavy atom. The molecule has 0 bridgehead atoms. The van der Waals surface area contributed by atoms with Crippen LogP contribution in [-0.2, 0) is 0 Å². The maximum absolute atomic E-state index is 8.61. The van der Waals surface area contributed by atoms with Gasteiger partial charge < -0.3 is 10.4 Å². The molecule has 0 spiro atoms. The van der Waals surface area contributed by atoms with Crippen molar-refractivity contribution in [2.45, 2.75) is 18.8 Å². The number of nitrogens with one attached hydrogen (secondary N) is 1. The van der Waals surface area contributed by atoms with Crippen molar-refractivity contribution in [3.05, 3.63) is 18.1 Å². The Morgan fingerprint density at radius 1 is 1.46 bits per heavy atom. The lowest BCUT2D eigenvalue weighted by molar-refractivity contribution is 0.311. The molecular weight excluding hydrogens is 166 g/mol. The topological polar surface area (TPSA) is 58.0 Å². The highest BCUT2D eigenvalue weighted by Gasteiger charge is 2.25. The van der Waals surface area contributed by atoms with E-state index < -0.39 is 0 Å². The van der Waals surface area contributed by atoms with Crippen LogP contribution in [0.5, 0.6) is 0 Å². The van der Waals surface area contributed by atoms with Gasteiger partial charge in [-0.25, -0.2) is 9.97 Å². The van der Waals surface area contributed by atoms with Crippen LogP contribution in [0.15, 0.2) is 12.4 Å². The van der Waals surface area contributed by atoms with Crippen LogP contribution in [0.2, 0.25) is 0 Å². The molecule has 1 saturated carbocycles. The van der Waals surface area contributed by atoms with E-state index in [1.165, 1.54) is 12.8 Å². The van der Waals surface area contributed by atoms with Gasteiger partial charge in [-0.1, -0.05) is 0 Å². The minimum Gasteiger partial charge on any atom is -0.395 e. The Morgan fingerprint density at radius 3 is 3.00 bits per heavy atom. The van der Waals surface area contributed by atoms with E-state index >= 15 is 0 Å². The molecule has 1 aliphatic rings. The van der Waals surface area contributed by atoms with Gasteiger partial charge in [0.25, 0.3) is 0 Å². The van der Waals surface area contributed by atoms with Crippen LogP contribution < -0.4 is 5.32 Å². The maximum atomic E-state index is 8.61. The lowest BCUT2D eigenvalue weighted by Crippen LogP contribution is -2.07. The number of hydrogen-bond donors (Lipinski definition) is 2. The summed E-state index contributed by atoms with van der Waals surface area (Å²) in [5.74, 6) is 1.46. The Kier molecular flexibility index (Phi) is 2.40. The van der Waals surface area contributed by atoms with Gasteiger partial charge >= 0.3 is 0 Å². The number of anilines is 1. The number of aromatic nitrogens is 2. The van der Waals surface area contributed by atoms with E-state index in [1.54, 1.807) is 6.33 Å². The Balaban J connectivity index is 2.03. The van der Waals surface area contributed by atoms with E-state index in [2.05, 4.69) is 15.3 Å². The van der Waals surface area contributed by atoms with E-state index in [-0.39, 0.29) is 6.61 Å². The molecule has 2 rings (SSSR count). The van der Waals surface area contributed by atoms with Gasteiger partial charge in [0, 0.05) is 24.2 Å². The zero-order chi connectivity index (χ0) is 9.10. The third-order valence-corrected chi connectivity index (χ3v) is 2.10. The lowest BCUT2D eigenvalue weighted by atomic mass is 10.3. The predicted molar refractivity (Wildman–Crippen MR) is 49.6 cm³/mol. The zero-order valence-corrected chi connectivity index (χ0v) is 7.40. The van der Waals surface area contributed by atoms with Gasteiger partial charge in [-0.15, -0.1) is 0 Å². The fourth-order valence-electron chi connectivity index (χ4n) is 1.26. The largest absolute Gasteiger partial charge is 0.395 e. The fraction of sp³-hybridized carbons (Fsp3) is 0.556. The van der Waals surface area contributed by atoms with Crippen LogP contribution in [-0.4, -0.2) is 28.2 Å². The monoisotopic (exact) mass is 179 g/mol. The van der Waals surface area contributed by atoms with E-state index in [4.69, 9.17) is 5.11 Å². The molecule has 0 unspecified atom stereocenters. The number of aliphatic hydroxyl groups is 1. The van der Waals surface area contributed by atoms with Gasteiger partial charge in [-0.3, -0.25) is 0 Å². The Hall–Kier alpha value is -1.16. The van der Waals surface area contributed by atoms with Gasteiger partial charge in [0.1, 0.15) is 12.1 Å². The number of rotatable bonds is 4. The molecule has 13 heavy (non-hydrogen) atoms. The molecule has 0 amide bonds. The molecule has 1 aromatic heterocycles. The molecule has 1 aromatic rings. The summed E-state index contributed by atoms with van der Waals surface area (Å²) in [6.07, 6.45) is 4.07. The molecule has 1 heterocycles. The molecule has 1 fully saturated rings. The molecule has 0 radical (unpaired) electrons. The SMILES string of the molecule is OCCNc1cc(C2CC2)ncn1. The van der Waals surface area contributed by atoms with Gasteiger partial charge in [0.2, 0.25) is 0 Å². The van der Waals surface area contributed by atoms with Crippen molar-refractivity contribution in [3.8, 4) is 0 Å². The molecule has 0 saturated heterocycles. The first-order chi connectivity index (χ1) is 6.40. The average molecular weight is 179 g/mol. The predicted octanol–water partition coefficient (Wildman–Crippen LogP) is 0.758. The Labute approximate surface area is 77.0 Å². The number of nitrogens with zero attached hydrogens (tertiary/aromatic N) is 2. The van der Waals surface area contributed by atoms with Gasteiger partial charge in [-0.2, -0.15) is 0 Å². The third kappa shape index (κ3) is 2.15. The lowest BCUT2D eigenvalue weighted by Gasteiger charge is -2.03. The van der Waals surface area contributed by atoms with Crippen LogP contribution in [0.25, 0.3) is 0 Å². The maximum Gasteiger partial charge on any atom is 0.129 e. The molecular formula is C9H13N3O. The second-order valence-corrected chi connectivity index (χ2v) is 3.25. The standard InChI is InChI=1S/C9H13N3O/c13-4-3-10-9-5-8(7-1-2-7)11-6-12-9/h5-7,13H,1-4H2,(H,10,11,12). The first kappa shape index (κ1) is 8.44. The summed E-state index contributed by atoms with van der Waals surface area (Å²) in [5.41, 5.74) is 1.12. The number of aliphatic hydroxyl groups excluding tert-OH is 1. The summed E-state index contributed by atoms with van der Waals surface area (Å²) >= 11 is 0. The van der Waals surface area contributed by atoms with Crippen molar-refractivity contribution in [2.24, 2.45) is 0 Å². The summed E-state index contributed by atoms with van der Waals surface area (Å²) in [6.45, 7) is 0.671. The highest BCUT2D eigenvalue weighted by Crippen LogP contribution is 2.39. The van der Waals surface area contributed by atoms with E-state index in [1.807, 2.05) is 6.07 Å². The van der Waals surface area contributed by atoms with Crippen molar-refractivity contribution < 1.29 is 5.11 Å². The molecule has 4 nitrogen and oxygen atoms in total. The fourth-order valence-corrected chi connectivity index (χ4v) is 1.26. The van der Waals surface area contributed by atoms with E-state index in [0.717, 1.165) is 11.5 Å². The molecule has 4 heteroatoms. The molecule has 70 valence electrons. The third-order valence-electron chi connectivity index (χ3n) is 2.10. The normalized spacial score (nSPS) is 15.8.